The van der Waals surface area contributed by atoms with E-state index in [4.69, 9.17) is 5.73 Å². The summed E-state index contributed by atoms with van der Waals surface area (Å²) < 4.78 is 0. The predicted molar refractivity (Wildman–Crippen MR) is 71.1 cm³/mol. The third-order valence-electron chi connectivity index (χ3n) is 2.57. The van der Waals surface area contributed by atoms with Crippen molar-refractivity contribution in [1.82, 2.24) is 9.97 Å². The minimum atomic E-state index is 0.0281. The quantitative estimate of drug-likeness (QED) is 0.901. The Bertz CT molecular complexity index is 450. The molecule has 0 amide bonds. The van der Waals surface area contributed by atoms with Crippen molar-refractivity contribution >= 4 is 17.2 Å². The molecule has 5 heteroatoms. The summed E-state index contributed by atoms with van der Waals surface area (Å²) in [5, 5.41) is 2.05. The van der Waals surface area contributed by atoms with E-state index in [2.05, 4.69) is 14.9 Å². The van der Waals surface area contributed by atoms with Gasteiger partial charge in [0.25, 0.3) is 0 Å². The first kappa shape index (κ1) is 12.0. The van der Waals surface area contributed by atoms with E-state index in [9.17, 15) is 0 Å². The van der Waals surface area contributed by atoms with E-state index in [0.29, 0.717) is 0 Å². The van der Waals surface area contributed by atoms with Gasteiger partial charge in [0.15, 0.2) is 0 Å². The van der Waals surface area contributed by atoms with Gasteiger partial charge in [0.1, 0.15) is 5.82 Å². The Labute approximate surface area is 105 Å². The van der Waals surface area contributed by atoms with E-state index in [1.54, 1.807) is 11.3 Å². The maximum absolute atomic E-state index is 5.79. The largest absolute Gasteiger partial charge is 0.354 e. The third-order valence-corrected chi connectivity index (χ3v) is 3.21. The lowest BCUT2D eigenvalue weighted by atomic mass is 10.1. The minimum Gasteiger partial charge on any atom is -0.354 e. The maximum atomic E-state index is 5.79. The second kappa shape index (κ2) is 5.25. The van der Waals surface area contributed by atoms with Crippen molar-refractivity contribution in [3.05, 3.63) is 40.5 Å². The number of anilines is 1. The normalized spacial score (nSPS) is 12.4. The van der Waals surface area contributed by atoms with Gasteiger partial charge in [-0.2, -0.15) is 0 Å². The fourth-order valence-corrected chi connectivity index (χ4v) is 2.08. The molecule has 0 aliphatic rings. The number of nitrogens with zero attached hydrogens (tertiary/aromatic N) is 3. The second-order valence-electron chi connectivity index (χ2n) is 4.07. The molecule has 1 atom stereocenters. The van der Waals surface area contributed by atoms with Gasteiger partial charge in [-0.05, 0) is 18.6 Å². The second-order valence-corrected chi connectivity index (χ2v) is 4.79. The van der Waals surface area contributed by atoms with E-state index in [0.717, 1.165) is 23.6 Å². The lowest BCUT2D eigenvalue weighted by Gasteiger charge is -2.17. The molecular weight excluding hydrogens is 232 g/mol. The highest BCUT2D eigenvalue weighted by Gasteiger charge is 2.06. The fourth-order valence-electron chi connectivity index (χ4n) is 1.53. The highest BCUT2D eigenvalue weighted by molar-refractivity contribution is 7.07. The van der Waals surface area contributed by atoms with E-state index >= 15 is 0 Å². The van der Waals surface area contributed by atoms with Gasteiger partial charge in [-0.3, -0.25) is 0 Å². The van der Waals surface area contributed by atoms with E-state index < -0.39 is 0 Å². The van der Waals surface area contributed by atoms with E-state index in [1.165, 1.54) is 0 Å². The molecule has 0 aliphatic heterocycles. The van der Waals surface area contributed by atoms with Crippen LogP contribution in [0.1, 0.15) is 24.2 Å². The maximum Gasteiger partial charge on any atom is 0.128 e. The molecular formula is C12H16N4S. The van der Waals surface area contributed by atoms with E-state index in [1.807, 2.05) is 43.2 Å². The highest BCUT2D eigenvalue weighted by Crippen LogP contribution is 2.15. The topological polar surface area (TPSA) is 55.0 Å². The van der Waals surface area contributed by atoms with Gasteiger partial charge in [0.2, 0.25) is 0 Å². The van der Waals surface area contributed by atoms with Crippen LogP contribution in [0.4, 0.5) is 5.82 Å². The molecule has 2 N–H and O–H groups in total. The van der Waals surface area contributed by atoms with Crippen molar-refractivity contribution in [2.75, 3.05) is 11.9 Å². The lowest BCUT2D eigenvalue weighted by Crippen LogP contribution is -2.18. The van der Waals surface area contributed by atoms with E-state index in [-0.39, 0.29) is 6.04 Å². The monoisotopic (exact) mass is 248 g/mol. The van der Waals surface area contributed by atoms with Crippen LogP contribution in [0.2, 0.25) is 0 Å². The number of hydrogen-bond acceptors (Lipinski definition) is 5. The fraction of sp³-hybridized carbons (Fsp3) is 0.333. The number of nitrogens with two attached hydrogens (primary N) is 1. The molecule has 0 fully saturated rings. The third kappa shape index (κ3) is 3.01. The van der Waals surface area contributed by atoms with Gasteiger partial charge in [0.05, 0.1) is 17.7 Å². The molecule has 4 nitrogen and oxygen atoms in total. The highest BCUT2D eigenvalue weighted by atomic mass is 32.1. The smallest absolute Gasteiger partial charge is 0.128 e. The first-order valence-corrected chi connectivity index (χ1v) is 6.41. The SMILES string of the molecule is C[C@@H](N)c1ccc(N(C)Cc2cscn2)nc1. The Balaban J connectivity index is 2.06. The number of pyridine rings is 1. The zero-order valence-corrected chi connectivity index (χ0v) is 10.8. The van der Waals surface area contributed by atoms with Crippen molar-refractivity contribution in [3.8, 4) is 0 Å². The van der Waals surface area contributed by atoms with Crippen LogP contribution in [-0.4, -0.2) is 17.0 Å². The Morgan fingerprint density at radius 2 is 2.24 bits per heavy atom. The van der Waals surface area contributed by atoms with Crippen molar-refractivity contribution in [3.63, 3.8) is 0 Å². The number of thiazole rings is 1. The molecule has 0 saturated heterocycles. The molecule has 0 radical (unpaired) electrons. The molecule has 17 heavy (non-hydrogen) atoms. The molecule has 2 heterocycles. The van der Waals surface area contributed by atoms with Crippen LogP contribution in [0, 0.1) is 0 Å². The van der Waals surface area contributed by atoms with Gasteiger partial charge in [-0.25, -0.2) is 9.97 Å². The van der Waals surface area contributed by atoms with Crippen molar-refractivity contribution in [2.45, 2.75) is 19.5 Å². The molecule has 2 aromatic rings. The Morgan fingerprint density at radius 3 is 2.76 bits per heavy atom. The summed E-state index contributed by atoms with van der Waals surface area (Å²) in [4.78, 5) is 10.7. The average Bonchev–Trinajstić information content (AvgIpc) is 2.82. The first-order valence-electron chi connectivity index (χ1n) is 5.46. The van der Waals surface area contributed by atoms with Crippen LogP contribution in [0.15, 0.2) is 29.2 Å². The van der Waals surface area contributed by atoms with Gasteiger partial charge in [0, 0.05) is 24.7 Å². The molecule has 0 unspecified atom stereocenters. The van der Waals surface area contributed by atoms with Crippen LogP contribution < -0.4 is 10.6 Å². The van der Waals surface area contributed by atoms with Crippen molar-refractivity contribution in [2.24, 2.45) is 5.73 Å². The summed E-state index contributed by atoms with van der Waals surface area (Å²) in [5.41, 5.74) is 9.75. The number of rotatable bonds is 4. The molecule has 0 bridgehead atoms. The molecule has 0 aromatic carbocycles. The van der Waals surface area contributed by atoms with Gasteiger partial charge in [-0.15, -0.1) is 11.3 Å². The number of aromatic nitrogens is 2. The standard InChI is InChI=1S/C12H16N4S/c1-9(13)10-3-4-12(14-5-10)16(2)6-11-7-17-8-15-11/h3-5,7-9H,6,13H2,1-2H3/t9-/m1/s1. The Hall–Kier alpha value is -1.46. The molecule has 0 spiro atoms. The molecule has 2 aromatic heterocycles. The van der Waals surface area contributed by atoms with Gasteiger partial charge < -0.3 is 10.6 Å². The van der Waals surface area contributed by atoms with Crippen molar-refractivity contribution < 1.29 is 0 Å². The van der Waals surface area contributed by atoms with Crippen LogP contribution in [0.5, 0.6) is 0 Å². The molecule has 2 rings (SSSR count). The summed E-state index contributed by atoms with van der Waals surface area (Å²) in [5.74, 6) is 0.933. The summed E-state index contributed by atoms with van der Waals surface area (Å²) in [6.07, 6.45) is 1.83. The summed E-state index contributed by atoms with van der Waals surface area (Å²) in [6, 6.07) is 4.04. The summed E-state index contributed by atoms with van der Waals surface area (Å²) >= 11 is 1.61. The zero-order chi connectivity index (χ0) is 12.3. The Morgan fingerprint density at radius 1 is 1.41 bits per heavy atom. The van der Waals surface area contributed by atoms with Crippen LogP contribution in [0.25, 0.3) is 0 Å². The first-order chi connectivity index (χ1) is 8.16. The summed E-state index contributed by atoms with van der Waals surface area (Å²) in [6.45, 7) is 2.73. The van der Waals surface area contributed by atoms with Crippen molar-refractivity contribution in [1.29, 1.82) is 0 Å². The predicted octanol–water partition coefficient (Wildman–Crippen LogP) is 2.19. The van der Waals surface area contributed by atoms with Crippen LogP contribution >= 0.6 is 11.3 Å². The molecule has 0 aliphatic carbocycles. The summed E-state index contributed by atoms with van der Waals surface area (Å²) in [7, 11) is 2.01. The average molecular weight is 248 g/mol. The zero-order valence-electron chi connectivity index (χ0n) is 10.00. The lowest BCUT2D eigenvalue weighted by molar-refractivity contribution is 0.806. The van der Waals surface area contributed by atoms with Gasteiger partial charge in [-0.1, -0.05) is 6.07 Å². The molecule has 90 valence electrons. The number of hydrogen-bond donors (Lipinski definition) is 1. The van der Waals surface area contributed by atoms with Crippen LogP contribution in [0.3, 0.4) is 0 Å². The van der Waals surface area contributed by atoms with Gasteiger partial charge >= 0.3 is 0 Å². The Kier molecular flexibility index (Phi) is 3.71. The van der Waals surface area contributed by atoms with Crippen LogP contribution in [-0.2, 0) is 6.54 Å². The minimum absolute atomic E-state index is 0.0281. The molecule has 0 saturated carbocycles.